The summed E-state index contributed by atoms with van der Waals surface area (Å²) in [7, 11) is 0. The van der Waals surface area contributed by atoms with E-state index in [4.69, 9.17) is 0 Å². The number of hydrogen-bond acceptors (Lipinski definition) is 2. The quantitative estimate of drug-likeness (QED) is 0.758. The van der Waals surface area contributed by atoms with Crippen LogP contribution in [0.5, 0.6) is 0 Å². The first kappa shape index (κ1) is 11.7. The Balaban J connectivity index is 1.93. The van der Waals surface area contributed by atoms with Crippen molar-refractivity contribution in [3.63, 3.8) is 0 Å². The average molecular weight is 244 g/mol. The first-order chi connectivity index (χ1) is 8.59. The van der Waals surface area contributed by atoms with Crippen molar-refractivity contribution in [3.8, 4) is 0 Å². The van der Waals surface area contributed by atoms with Crippen LogP contribution in [0.3, 0.4) is 0 Å². The molecule has 0 N–H and O–H groups in total. The smallest absolute Gasteiger partial charge is 0.243 e. The number of carbonyl (C=O) groups is 1. The van der Waals surface area contributed by atoms with Crippen LogP contribution in [-0.4, -0.2) is 29.0 Å². The number of hydrazine groups is 1. The minimum atomic E-state index is -0.214. The van der Waals surface area contributed by atoms with Gasteiger partial charge in [-0.2, -0.15) is 0 Å². The molecule has 2 aliphatic heterocycles. The fourth-order valence-electron chi connectivity index (χ4n) is 3.00. The lowest BCUT2D eigenvalue weighted by Crippen LogP contribution is -2.54. The summed E-state index contributed by atoms with van der Waals surface area (Å²) in [5, 5.41) is 4.24. The van der Waals surface area contributed by atoms with E-state index in [-0.39, 0.29) is 17.4 Å². The Morgan fingerprint density at radius 2 is 1.89 bits per heavy atom. The van der Waals surface area contributed by atoms with Crippen molar-refractivity contribution in [1.82, 2.24) is 10.0 Å². The van der Waals surface area contributed by atoms with Crippen molar-refractivity contribution in [2.75, 3.05) is 13.1 Å². The lowest BCUT2D eigenvalue weighted by atomic mass is 9.86. The van der Waals surface area contributed by atoms with Gasteiger partial charge in [0, 0.05) is 18.5 Å². The van der Waals surface area contributed by atoms with E-state index in [1.165, 1.54) is 5.56 Å². The fraction of sp³-hybridized carbons (Fsp3) is 0.533. The van der Waals surface area contributed by atoms with Crippen LogP contribution in [0.15, 0.2) is 30.3 Å². The van der Waals surface area contributed by atoms with Crippen LogP contribution in [-0.2, 0) is 4.79 Å². The minimum Gasteiger partial charge on any atom is -0.273 e. The molecule has 1 amide bonds. The number of carbonyl (C=O) groups excluding carboxylic acids is 1. The zero-order valence-electron chi connectivity index (χ0n) is 11.1. The fourth-order valence-corrected chi connectivity index (χ4v) is 3.00. The molecule has 96 valence electrons. The van der Waals surface area contributed by atoms with E-state index in [0.717, 1.165) is 25.9 Å². The molecule has 1 atom stereocenters. The molecular formula is C15H20N2O. The van der Waals surface area contributed by atoms with Gasteiger partial charge >= 0.3 is 0 Å². The molecule has 3 heteroatoms. The van der Waals surface area contributed by atoms with E-state index < -0.39 is 0 Å². The monoisotopic (exact) mass is 244 g/mol. The molecule has 0 spiro atoms. The standard InChI is InChI=1S/C15H20N2O/c1-15(2)9-11-16-10-8-13(17(16)14(15)18)12-6-4-3-5-7-12/h3-7,13H,8-11H2,1-2H3/t13-/m0/s1. The molecule has 0 unspecified atom stereocenters. The minimum absolute atomic E-state index is 0.214. The number of fused-ring (bicyclic) bond motifs is 1. The number of benzene rings is 1. The number of hydrogen-bond donors (Lipinski definition) is 0. The summed E-state index contributed by atoms with van der Waals surface area (Å²) in [5.74, 6) is 0.278. The molecule has 2 heterocycles. The van der Waals surface area contributed by atoms with Crippen LogP contribution in [0, 0.1) is 5.41 Å². The van der Waals surface area contributed by atoms with Crippen LogP contribution >= 0.6 is 0 Å². The first-order valence-electron chi connectivity index (χ1n) is 6.73. The lowest BCUT2D eigenvalue weighted by Gasteiger charge is -2.43. The van der Waals surface area contributed by atoms with Crippen molar-refractivity contribution in [2.45, 2.75) is 32.7 Å². The van der Waals surface area contributed by atoms with Gasteiger partial charge in [-0.3, -0.25) is 9.80 Å². The SMILES string of the molecule is CC1(C)CCN2CC[C@@H](c3ccccc3)N2C1=O. The molecule has 0 saturated carbocycles. The second-order valence-corrected chi connectivity index (χ2v) is 5.95. The van der Waals surface area contributed by atoms with Gasteiger partial charge in [-0.05, 0) is 18.4 Å². The van der Waals surface area contributed by atoms with Crippen molar-refractivity contribution in [3.05, 3.63) is 35.9 Å². The maximum Gasteiger partial charge on any atom is 0.243 e. The summed E-state index contributed by atoms with van der Waals surface area (Å²) in [6.45, 7) is 6.13. The van der Waals surface area contributed by atoms with E-state index in [1.807, 2.05) is 11.1 Å². The summed E-state index contributed by atoms with van der Waals surface area (Å²) >= 11 is 0. The van der Waals surface area contributed by atoms with Gasteiger partial charge in [-0.25, -0.2) is 5.01 Å². The maximum absolute atomic E-state index is 12.6. The molecule has 3 rings (SSSR count). The highest BCUT2D eigenvalue weighted by atomic mass is 16.2. The number of rotatable bonds is 1. The molecule has 0 radical (unpaired) electrons. The largest absolute Gasteiger partial charge is 0.273 e. The lowest BCUT2D eigenvalue weighted by molar-refractivity contribution is -0.167. The summed E-state index contributed by atoms with van der Waals surface area (Å²) in [4.78, 5) is 12.6. The molecule has 3 nitrogen and oxygen atoms in total. The van der Waals surface area contributed by atoms with E-state index in [1.54, 1.807) is 0 Å². The number of amides is 1. The molecule has 18 heavy (non-hydrogen) atoms. The summed E-state index contributed by atoms with van der Waals surface area (Å²) in [6.07, 6.45) is 2.01. The van der Waals surface area contributed by atoms with Crippen LogP contribution in [0.2, 0.25) is 0 Å². The van der Waals surface area contributed by atoms with Gasteiger partial charge in [0.05, 0.1) is 6.04 Å². The Bertz CT molecular complexity index is 455. The van der Waals surface area contributed by atoms with Gasteiger partial charge in [0.15, 0.2) is 0 Å². The molecule has 1 aromatic rings. The van der Waals surface area contributed by atoms with E-state index in [2.05, 4.69) is 43.1 Å². The molecule has 2 aliphatic rings. The molecular weight excluding hydrogens is 224 g/mol. The molecule has 0 aliphatic carbocycles. The van der Waals surface area contributed by atoms with E-state index in [0.29, 0.717) is 0 Å². The van der Waals surface area contributed by atoms with Gasteiger partial charge in [0.25, 0.3) is 0 Å². The van der Waals surface area contributed by atoms with Crippen molar-refractivity contribution in [1.29, 1.82) is 0 Å². The highest BCUT2D eigenvalue weighted by molar-refractivity contribution is 5.83. The van der Waals surface area contributed by atoms with Gasteiger partial charge < -0.3 is 0 Å². The van der Waals surface area contributed by atoms with Crippen molar-refractivity contribution >= 4 is 5.91 Å². The molecule has 2 saturated heterocycles. The predicted molar refractivity (Wildman–Crippen MR) is 70.6 cm³/mol. The average Bonchev–Trinajstić information content (AvgIpc) is 2.80. The van der Waals surface area contributed by atoms with Crippen LogP contribution in [0.25, 0.3) is 0 Å². The third kappa shape index (κ3) is 1.74. The third-order valence-electron chi connectivity index (χ3n) is 4.23. The second-order valence-electron chi connectivity index (χ2n) is 5.95. The predicted octanol–water partition coefficient (Wildman–Crippen LogP) is 2.61. The number of nitrogens with zero attached hydrogens (tertiary/aromatic N) is 2. The van der Waals surface area contributed by atoms with Crippen LogP contribution in [0.4, 0.5) is 0 Å². The Morgan fingerprint density at radius 1 is 1.17 bits per heavy atom. The first-order valence-corrected chi connectivity index (χ1v) is 6.73. The topological polar surface area (TPSA) is 23.6 Å². The van der Waals surface area contributed by atoms with E-state index >= 15 is 0 Å². The Morgan fingerprint density at radius 3 is 2.61 bits per heavy atom. The summed E-state index contributed by atoms with van der Waals surface area (Å²) in [6, 6.07) is 10.6. The Kier molecular flexibility index (Phi) is 2.67. The summed E-state index contributed by atoms with van der Waals surface area (Å²) < 4.78 is 0. The van der Waals surface area contributed by atoms with Gasteiger partial charge in [0.1, 0.15) is 0 Å². The molecule has 0 aromatic heterocycles. The second kappa shape index (κ2) is 4.09. The summed E-state index contributed by atoms with van der Waals surface area (Å²) in [5.41, 5.74) is 1.04. The van der Waals surface area contributed by atoms with Gasteiger partial charge in [-0.1, -0.05) is 44.2 Å². The highest BCUT2D eigenvalue weighted by Crippen LogP contribution is 2.40. The normalized spacial score (nSPS) is 27.3. The van der Waals surface area contributed by atoms with Crippen molar-refractivity contribution < 1.29 is 4.79 Å². The maximum atomic E-state index is 12.6. The highest BCUT2D eigenvalue weighted by Gasteiger charge is 2.46. The van der Waals surface area contributed by atoms with Gasteiger partial charge in [0.2, 0.25) is 5.91 Å². The molecule has 2 fully saturated rings. The van der Waals surface area contributed by atoms with Crippen LogP contribution in [0.1, 0.15) is 38.3 Å². The van der Waals surface area contributed by atoms with Crippen LogP contribution < -0.4 is 0 Å². The molecule has 0 bridgehead atoms. The van der Waals surface area contributed by atoms with E-state index in [9.17, 15) is 4.79 Å². The zero-order chi connectivity index (χ0) is 12.8. The molecule has 1 aromatic carbocycles. The Labute approximate surface area is 108 Å². The van der Waals surface area contributed by atoms with Gasteiger partial charge in [-0.15, -0.1) is 0 Å². The zero-order valence-corrected chi connectivity index (χ0v) is 11.1. The Hall–Kier alpha value is -1.35. The third-order valence-corrected chi connectivity index (χ3v) is 4.23. The van der Waals surface area contributed by atoms with Crippen molar-refractivity contribution in [2.24, 2.45) is 5.41 Å².